The van der Waals surface area contributed by atoms with Crippen LogP contribution in [0.3, 0.4) is 0 Å². The number of hydrogen-bond donors (Lipinski definition) is 2. The second-order valence-electron chi connectivity index (χ2n) is 4.74. The second-order valence-corrected chi connectivity index (χ2v) is 6.51. The highest BCUT2D eigenvalue weighted by Gasteiger charge is 2.15. The average Bonchev–Trinajstić information content (AvgIpc) is 2.48. The molecule has 1 fully saturated rings. The summed E-state index contributed by atoms with van der Waals surface area (Å²) in [5.41, 5.74) is 5.40. The molecule has 0 atom stereocenters. The van der Waals surface area contributed by atoms with Crippen LogP contribution in [-0.4, -0.2) is 58.6 Å². The van der Waals surface area contributed by atoms with Gasteiger partial charge in [0.2, 0.25) is 15.9 Å². The highest BCUT2D eigenvalue weighted by Crippen LogP contribution is 2.10. The number of hydrogen-bond acceptors (Lipinski definition) is 5. The van der Waals surface area contributed by atoms with Gasteiger partial charge in [-0.05, 0) is 24.3 Å². The summed E-state index contributed by atoms with van der Waals surface area (Å²) in [5.74, 6) is -0.584. The van der Waals surface area contributed by atoms with Gasteiger partial charge < -0.3 is 10.5 Å². The lowest BCUT2D eigenvalue weighted by Gasteiger charge is -2.26. The van der Waals surface area contributed by atoms with Gasteiger partial charge in [-0.25, -0.2) is 13.1 Å². The smallest absolute Gasteiger partial charge is 0.248 e. The molecule has 21 heavy (non-hydrogen) atoms. The molecule has 0 aliphatic carbocycles. The molecule has 0 bridgehead atoms. The lowest BCUT2D eigenvalue weighted by atomic mass is 10.2. The zero-order valence-corrected chi connectivity index (χ0v) is 12.4. The fraction of sp³-hybridized carbons (Fsp3) is 0.462. The Hall–Kier alpha value is -1.48. The van der Waals surface area contributed by atoms with Crippen molar-refractivity contribution in [2.75, 3.05) is 39.4 Å². The van der Waals surface area contributed by atoms with Crippen LogP contribution in [0.15, 0.2) is 29.2 Å². The molecule has 3 N–H and O–H groups in total. The monoisotopic (exact) mass is 313 g/mol. The molecular formula is C13H19N3O4S. The second kappa shape index (κ2) is 6.99. The third-order valence-electron chi connectivity index (χ3n) is 3.27. The highest BCUT2D eigenvalue weighted by atomic mass is 32.2. The standard InChI is InChI=1S/C13H19N3O4S/c14-13(17)11-1-3-12(4-2-11)21(18,19)15-5-6-16-7-9-20-10-8-16/h1-4,15H,5-10H2,(H2,14,17). The third-order valence-corrected chi connectivity index (χ3v) is 4.75. The van der Waals surface area contributed by atoms with Gasteiger partial charge in [0.05, 0.1) is 18.1 Å². The lowest BCUT2D eigenvalue weighted by molar-refractivity contribution is 0.0390. The molecule has 0 unspecified atom stereocenters. The largest absolute Gasteiger partial charge is 0.379 e. The molecule has 1 aromatic carbocycles. The maximum atomic E-state index is 12.1. The van der Waals surface area contributed by atoms with E-state index in [2.05, 4.69) is 9.62 Å². The number of benzene rings is 1. The molecule has 1 heterocycles. The van der Waals surface area contributed by atoms with Gasteiger partial charge in [0.25, 0.3) is 0 Å². The lowest BCUT2D eigenvalue weighted by Crippen LogP contribution is -2.41. The predicted octanol–water partition coefficient (Wildman–Crippen LogP) is -0.604. The van der Waals surface area contributed by atoms with Crippen LogP contribution < -0.4 is 10.5 Å². The number of carbonyl (C=O) groups is 1. The van der Waals surface area contributed by atoms with E-state index >= 15 is 0 Å². The maximum Gasteiger partial charge on any atom is 0.248 e. The molecule has 8 heteroatoms. The van der Waals surface area contributed by atoms with Gasteiger partial charge in [-0.3, -0.25) is 9.69 Å². The van der Waals surface area contributed by atoms with Gasteiger partial charge in [-0.15, -0.1) is 0 Å². The number of carbonyl (C=O) groups excluding carboxylic acids is 1. The Morgan fingerprint density at radius 1 is 1.24 bits per heavy atom. The number of primary amides is 1. The molecule has 7 nitrogen and oxygen atoms in total. The Balaban J connectivity index is 1.90. The fourth-order valence-electron chi connectivity index (χ4n) is 2.04. The van der Waals surface area contributed by atoms with Crippen molar-refractivity contribution in [3.63, 3.8) is 0 Å². The number of sulfonamides is 1. The van der Waals surface area contributed by atoms with Crippen LogP contribution in [0.25, 0.3) is 0 Å². The Morgan fingerprint density at radius 2 is 1.86 bits per heavy atom. The average molecular weight is 313 g/mol. The minimum atomic E-state index is -3.56. The van der Waals surface area contributed by atoms with Gasteiger partial charge in [0, 0.05) is 31.7 Å². The summed E-state index contributed by atoms with van der Waals surface area (Å²) in [6.45, 7) is 3.97. The summed E-state index contributed by atoms with van der Waals surface area (Å²) in [7, 11) is -3.56. The van der Waals surface area contributed by atoms with Gasteiger partial charge in [-0.1, -0.05) is 0 Å². The van der Waals surface area contributed by atoms with Crippen molar-refractivity contribution in [2.24, 2.45) is 5.73 Å². The Kier molecular flexibility index (Phi) is 5.29. The zero-order chi connectivity index (χ0) is 15.3. The topological polar surface area (TPSA) is 102 Å². The third kappa shape index (κ3) is 4.50. The zero-order valence-electron chi connectivity index (χ0n) is 11.6. The highest BCUT2D eigenvalue weighted by molar-refractivity contribution is 7.89. The van der Waals surface area contributed by atoms with E-state index in [0.29, 0.717) is 26.3 Å². The van der Waals surface area contributed by atoms with Gasteiger partial charge in [-0.2, -0.15) is 0 Å². The molecule has 2 rings (SSSR count). The molecule has 1 amide bonds. The summed E-state index contributed by atoms with van der Waals surface area (Å²) in [6, 6.07) is 5.55. The number of nitrogens with one attached hydrogen (secondary N) is 1. The Labute approximate surface area is 124 Å². The quantitative estimate of drug-likeness (QED) is 0.730. The van der Waals surface area contributed by atoms with Crippen LogP contribution in [0.4, 0.5) is 0 Å². The van der Waals surface area contributed by atoms with E-state index in [-0.39, 0.29) is 10.5 Å². The van der Waals surface area contributed by atoms with E-state index < -0.39 is 15.9 Å². The summed E-state index contributed by atoms with van der Waals surface area (Å²) >= 11 is 0. The first-order valence-corrected chi connectivity index (χ1v) is 8.17. The summed E-state index contributed by atoms with van der Waals surface area (Å²) in [6.07, 6.45) is 0. The van der Waals surface area contributed by atoms with Crippen LogP contribution in [0.2, 0.25) is 0 Å². The molecule has 1 aliphatic rings. The van der Waals surface area contributed by atoms with E-state index in [9.17, 15) is 13.2 Å². The molecule has 0 aromatic heterocycles. The number of nitrogens with two attached hydrogens (primary N) is 1. The van der Waals surface area contributed by atoms with Crippen molar-refractivity contribution in [3.8, 4) is 0 Å². The number of rotatable bonds is 6. The number of amides is 1. The van der Waals surface area contributed by atoms with E-state index in [0.717, 1.165) is 13.1 Å². The van der Waals surface area contributed by atoms with Crippen LogP contribution in [0, 0.1) is 0 Å². The van der Waals surface area contributed by atoms with Gasteiger partial charge in [0.15, 0.2) is 0 Å². The first-order valence-electron chi connectivity index (χ1n) is 6.69. The first-order chi connectivity index (χ1) is 9.99. The van der Waals surface area contributed by atoms with Crippen molar-refractivity contribution < 1.29 is 17.9 Å². The molecule has 1 aromatic rings. The molecule has 116 valence electrons. The summed E-state index contributed by atoms with van der Waals surface area (Å²) in [5, 5.41) is 0. The number of nitrogens with zero attached hydrogens (tertiary/aromatic N) is 1. The molecule has 1 aliphatic heterocycles. The van der Waals surface area contributed by atoms with Crippen molar-refractivity contribution in [2.45, 2.75) is 4.90 Å². The maximum absolute atomic E-state index is 12.1. The van der Waals surface area contributed by atoms with Crippen molar-refractivity contribution >= 4 is 15.9 Å². The van der Waals surface area contributed by atoms with Crippen LogP contribution in [-0.2, 0) is 14.8 Å². The molecular weight excluding hydrogens is 294 g/mol. The van der Waals surface area contributed by atoms with Crippen molar-refractivity contribution in [1.82, 2.24) is 9.62 Å². The van der Waals surface area contributed by atoms with Crippen molar-refractivity contribution in [3.05, 3.63) is 29.8 Å². The Morgan fingerprint density at radius 3 is 2.43 bits per heavy atom. The minimum Gasteiger partial charge on any atom is -0.379 e. The van der Waals surface area contributed by atoms with Crippen molar-refractivity contribution in [1.29, 1.82) is 0 Å². The van der Waals surface area contributed by atoms with E-state index in [1.807, 2.05) is 0 Å². The van der Waals surface area contributed by atoms with E-state index in [1.54, 1.807) is 0 Å². The fourth-order valence-corrected chi connectivity index (χ4v) is 3.07. The van der Waals surface area contributed by atoms with Gasteiger partial charge in [0.1, 0.15) is 0 Å². The Bertz CT molecular complexity index is 580. The number of ether oxygens (including phenoxy) is 1. The van der Waals surface area contributed by atoms with Crippen LogP contribution in [0.5, 0.6) is 0 Å². The molecule has 0 radical (unpaired) electrons. The van der Waals surface area contributed by atoms with Crippen LogP contribution >= 0.6 is 0 Å². The number of morpholine rings is 1. The SMILES string of the molecule is NC(=O)c1ccc(S(=O)(=O)NCCN2CCOCC2)cc1. The van der Waals surface area contributed by atoms with E-state index in [1.165, 1.54) is 24.3 Å². The molecule has 1 saturated heterocycles. The van der Waals surface area contributed by atoms with Crippen LogP contribution in [0.1, 0.15) is 10.4 Å². The summed E-state index contributed by atoms with van der Waals surface area (Å²) < 4.78 is 31.9. The minimum absolute atomic E-state index is 0.120. The van der Waals surface area contributed by atoms with E-state index in [4.69, 9.17) is 10.5 Å². The predicted molar refractivity (Wildman–Crippen MR) is 77.4 cm³/mol. The summed E-state index contributed by atoms with van der Waals surface area (Å²) in [4.78, 5) is 13.2. The first kappa shape index (κ1) is 15.9. The molecule has 0 saturated carbocycles. The molecule has 0 spiro atoms. The normalized spacial score (nSPS) is 16.8. The van der Waals surface area contributed by atoms with Gasteiger partial charge >= 0.3 is 0 Å².